The Morgan fingerprint density at radius 3 is 2.65 bits per heavy atom. The molecule has 1 saturated carbocycles. The lowest BCUT2D eigenvalue weighted by atomic mass is 9.85. The Labute approximate surface area is 141 Å². The van der Waals surface area contributed by atoms with Crippen LogP contribution in [0.2, 0.25) is 5.02 Å². The number of nitrogens with one attached hydrogen (secondary N) is 2. The maximum atomic E-state index is 12.1. The van der Waals surface area contributed by atoms with E-state index in [1.165, 1.54) is 0 Å². The molecule has 1 spiro atoms. The molecular weight excluding hydrogens is 316 g/mol. The van der Waals surface area contributed by atoms with E-state index >= 15 is 0 Å². The summed E-state index contributed by atoms with van der Waals surface area (Å²) in [6, 6.07) is 5.34. The molecule has 3 rings (SSSR count). The molecule has 2 amide bonds. The monoisotopic (exact) mass is 338 g/mol. The minimum atomic E-state index is -0.340. The van der Waals surface area contributed by atoms with Gasteiger partial charge in [0.1, 0.15) is 0 Å². The second kappa shape index (κ2) is 7.07. The van der Waals surface area contributed by atoms with Crippen LogP contribution in [-0.4, -0.2) is 31.6 Å². The lowest BCUT2D eigenvalue weighted by molar-refractivity contribution is -0.182. The SMILES string of the molecule is Cc1cccc(Cl)c1NC(=O)NCC1CCC2(CC1)OCCO2. The number of rotatable bonds is 3. The first-order valence-corrected chi connectivity index (χ1v) is 8.54. The van der Waals surface area contributed by atoms with E-state index in [1.54, 1.807) is 6.07 Å². The Morgan fingerprint density at radius 2 is 2.00 bits per heavy atom. The number of anilines is 1. The van der Waals surface area contributed by atoms with Crippen LogP contribution in [0.4, 0.5) is 10.5 Å². The van der Waals surface area contributed by atoms with E-state index in [1.807, 2.05) is 19.1 Å². The van der Waals surface area contributed by atoms with E-state index < -0.39 is 0 Å². The number of ether oxygens (including phenoxy) is 2. The number of halogens is 1. The van der Waals surface area contributed by atoms with Gasteiger partial charge in [-0.05, 0) is 37.3 Å². The van der Waals surface area contributed by atoms with Crippen molar-refractivity contribution >= 4 is 23.3 Å². The lowest BCUT2D eigenvalue weighted by Gasteiger charge is -2.35. The number of urea groups is 1. The van der Waals surface area contributed by atoms with Gasteiger partial charge in [-0.3, -0.25) is 0 Å². The Hall–Kier alpha value is -1.30. The molecule has 0 unspecified atom stereocenters. The van der Waals surface area contributed by atoms with Crippen molar-refractivity contribution in [1.29, 1.82) is 0 Å². The fourth-order valence-corrected chi connectivity index (χ4v) is 3.56. The molecule has 126 valence electrons. The third kappa shape index (κ3) is 3.97. The van der Waals surface area contributed by atoms with Crippen molar-refractivity contribution in [3.05, 3.63) is 28.8 Å². The van der Waals surface area contributed by atoms with Gasteiger partial charge in [0.05, 0.1) is 23.9 Å². The fraction of sp³-hybridized carbons (Fsp3) is 0.588. The Bertz CT molecular complexity index is 543. The molecule has 1 aliphatic carbocycles. The molecule has 2 N–H and O–H groups in total. The molecular formula is C17H23ClN2O3. The van der Waals surface area contributed by atoms with Gasteiger partial charge in [-0.25, -0.2) is 4.79 Å². The van der Waals surface area contributed by atoms with Gasteiger partial charge in [0.25, 0.3) is 0 Å². The number of hydrogen-bond acceptors (Lipinski definition) is 3. The summed E-state index contributed by atoms with van der Waals surface area (Å²) in [6.45, 7) is 3.97. The molecule has 2 fully saturated rings. The maximum Gasteiger partial charge on any atom is 0.319 e. The zero-order valence-electron chi connectivity index (χ0n) is 13.4. The molecule has 1 aliphatic heterocycles. The smallest absolute Gasteiger partial charge is 0.319 e. The summed E-state index contributed by atoms with van der Waals surface area (Å²) in [7, 11) is 0. The first-order valence-electron chi connectivity index (χ1n) is 8.16. The van der Waals surface area contributed by atoms with Crippen LogP contribution in [0.15, 0.2) is 18.2 Å². The number of carbonyl (C=O) groups is 1. The van der Waals surface area contributed by atoms with Gasteiger partial charge in [0.2, 0.25) is 0 Å². The summed E-state index contributed by atoms with van der Waals surface area (Å²) in [4.78, 5) is 12.1. The van der Waals surface area contributed by atoms with Crippen LogP contribution in [0.3, 0.4) is 0 Å². The highest BCUT2D eigenvalue weighted by Crippen LogP contribution is 2.38. The second-order valence-electron chi connectivity index (χ2n) is 6.32. The molecule has 2 aliphatic rings. The number of benzene rings is 1. The van der Waals surface area contributed by atoms with Gasteiger partial charge in [-0.2, -0.15) is 0 Å². The highest BCUT2D eigenvalue weighted by atomic mass is 35.5. The summed E-state index contributed by atoms with van der Waals surface area (Å²) in [5.74, 6) is 0.125. The van der Waals surface area contributed by atoms with Crippen LogP contribution in [-0.2, 0) is 9.47 Å². The molecule has 1 aromatic carbocycles. The van der Waals surface area contributed by atoms with Crippen LogP contribution >= 0.6 is 11.6 Å². The topological polar surface area (TPSA) is 59.6 Å². The third-order valence-electron chi connectivity index (χ3n) is 4.69. The summed E-state index contributed by atoms with van der Waals surface area (Å²) in [5, 5.41) is 6.33. The number of aryl methyl sites for hydroxylation is 1. The van der Waals surface area contributed by atoms with E-state index in [2.05, 4.69) is 10.6 Å². The molecule has 0 aromatic heterocycles. The molecule has 6 heteroatoms. The quantitative estimate of drug-likeness (QED) is 0.883. The Kier molecular flexibility index (Phi) is 5.09. The lowest BCUT2D eigenvalue weighted by Crippen LogP contribution is -2.39. The molecule has 5 nitrogen and oxygen atoms in total. The minimum Gasteiger partial charge on any atom is -0.348 e. The van der Waals surface area contributed by atoms with Crippen molar-refractivity contribution < 1.29 is 14.3 Å². The van der Waals surface area contributed by atoms with Gasteiger partial charge in [-0.1, -0.05) is 23.7 Å². The summed E-state index contributed by atoms with van der Waals surface area (Å²) >= 11 is 6.12. The molecule has 23 heavy (non-hydrogen) atoms. The second-order valence-corrected chi connectivity index (χ2v) is 6.72. The maximum absolute atomic E-state index is 12.1. The average molecular weight is 339 g/mol. The predicted octanol–water partition coefficient (Wildman–Crippen LogP) is 3.70. The van der Waals surface area contributed by atoms with Crippen molar-refractivity contribution in [2.24, 2.45) is 5.92 Å². The van der Waals surface area contributed by atoms with Crippen LogP contribution < -0.4 is 10.6 Å². The van der Waals surface area contributed by atoms with E-state index in [9.17, 15) is 4.79 Å². The van der Waals surface area contributed by atoms with Crippen LogP contribution in [0.5, 0.6) is 0 Å². The van der Waals surface area contributed by atoms with Gasteiger partial charge in [-0.15, -0.1) is 0 Å². The van der Waals surface area contributed by atoms with Crippen LogP contribution in [0.25, 0.3) is 0 Å². The third-order valence-corrected chi connectivity index (χ3v) is 5.01. The van der Waals surface area contributed by atoms with E-state index in [0.29, 0.717) is 36.4 Å². The van der Waals surface area contributed by atoms with Crippen molar-refractivity contribution in [1.82, 2.24) is 5.32 Å². The highest BCUT2D eigenvalue weighted by Gasteiger charge is 2.40. The number of hydrogen-bond donors (Lipinski definition) is 2. The molecule has 0 atom stereocenters. The first-order chi connectivity index (χ1) is 11.1. The highest BCUT2D eigenvalue weighted by molar-refractivity contribution is 6.33. The van der Waals surface area contributed by atoms with Gasteiger partial charge >= 0.3 is 6.03 Å². The minimum absolute atomic E-state index is 0.213. The van der Waals surface area contributed by atoms with Crippen molar-refractivity contribution in [3.8, 4) is 0 Å². The molecule has 0 bridgehead atoms. The van der Waals surface area contributed by atoms with Crippen LogP contribution in [0, 0.1) is 12.8 Å². The molecule has 1 aromatic rings. The molecule has 1 saturated heterocycles. The largest absolute Gasteiger partial charge is 0.348 e. The summed E-state index contributed by atoms with van der Waals surface area (Å²) < 4.78 is 11.4. The standard InChI is InChI=1S/C17H23ClN2O3/c1-12-3-2-4-14(18)15(12)20-16(21)19-11-13-5-7-17(8-6-13)22-9-10-23-17/h2-4,13H,5-11H2,1H3,(H2,19,20,21). The van der Waals surface area contributed by atoms with E-state index in [4.69, 9.17) is 21.1 Å². The Morgan fingerprint density at radius 1 is 1.30 bits per heavy atom. The van der Waals surface area contributed by atoms with Gasteiger partial charge in [0, 0.05) is 19.4 Å². The average Bonchev–Trinajstić information content (AvgIpc) is 2.99. The summed E-state index contributed by atoms with van der Waals surface area (Å²) in [5.41, 5.74) is 1.62. The number of para-hydroxylation sites is 1. The van der Waals surface area contributed by atoms with E-state index in [-0.39, 0.29) is 11.8 Å². The van der Waals surface area contributed by atoms with Gasteiger partial charge in [0.15, 0.2) is 5.79 Å². The predicted molar refractivity (Wildman–Crippen MR) is 89.8 cm³/mol. The fourth-order valence-electron chi connectivity index (χ4n) is 3.29. The van der Waals surface area contributed by atoms with E-state index in [0.717, 1.165) is 31.2 Å². The molecule has 1 heterocycles. The van der Waals surface area contributed by atoms with Gasteiger partial charge < -0.3 is 20.1 Å². The Balaban J connectivity index is 1.45. The van der Waals surface area contributed by atoms with Crippen molar-refractivity contribution in [2.45, 2.75) is 38.4 Å². The molecule has 0 radical (unpaired) electrons. The zero-order valence-corrected chi connectivity index (χ0v) is 14.1. The normalized spacial score (nSPS) is 20.6. The van der Waals surface area contributed by atoms with Crippen LogP contribution in [0.1, 0.15) is 31.2 Å². The zero-order chi connectivity index (χ0) is 16.3. The van der Waals surface area contributed by atoms with Crippen molar-refractivity contribution in [2.75, 3.05) is 25.1 Å². The first kappa shape index (κ1) is 16.6. The van der Waals surface area contributed by atoms with Crippen molar-refractivity contribution in [3.63, 3.8) is 0 Å². The number of amides is 2. The summed E-state index contributed by atoms with van der Waals surface area (Å²) in [6.07, 6.45) is 3.83. The number of carbonyl (C=O) groups excluding carboxylic acids is 1.